The summed E-state index contributed by atoms with van der Waals surface area (Å²) in [7, 11) is 0. The van der Waals surface area contributed by atoms with Crippen molar-refractivity contribution >= 4 is 75.9 Å². The Morgan fingerprint density at radius 3 is 1.00 bits per heavy atom. The van der Waals surface area contributed by atoms with E-state index >= 15 is 0 Å². The van der Waals surface area contributed by atoms with Gasteiger partial charge in [0.15, 0.2) is 0 Å². The molecule has 0 bridgehead atoms. The largest absolute Gasteiger partial charge is 0.355 e. The van der Waals surface area contributed by atoms with Gasteiger partial charge >= 0.3 is 0 Å². The second-order valence-corrected chi connectivity index (χ2v) is 11.9. The number of hydrogen-bond acceptors (Lipinski definition) is 0. The van der Waals surface area contributed by atoms with Crippen molar-refractivity contribution in [1.29, 1.82) is 0 Å². The van der Waals surface area contributed by atoms with Crippen LogP contribution in [0.25, 0.3) is 98.2 Å². The molecule has 0 aliphatic carbocycles. The SMILES string of the molecule is c1ccc2c(c1)[nH]c1ccc(-c3ccc4c5ccc(-c6ccc7[nH]c8ccccc8c7c6)cc5c5ccccc5c4c3)cc12. The molecular weight excluding hydrogens is 532 g/mol. The third-order valence-electron chi connectivity index (χ3n) is 9.52. The van der Waals surface area contributed by atoms with Gasteiger partial charge < -0.3 is 9.97 Å². The van der Waals surface area contributed by atoms with Crippen molar-refractivity contribution in [2.45, 2.75) is 0 Å². The monoisotopic (exact) mass is 558 g/mol. The number of rotatable bonds is 2. The summed E-state index contributed by atoms with van der Waals surface area (Å²) in [6.45, 7) is 0. The van der Waals surface area contributed by atoms with Crippen LogP contribution in [0, 0.1) is 0 Å². The summed E-state index contributed by atoms with van der Waals surface area (Å²) < 4.78 is 0. The zero-order chi connectivity index (χ0) is 28.8. The molecule has 2 aromatic heterocycles. The van der Waals surface area contributed by atoms with Crippen molar-refractivity contribution in [3.05, 3.63) is 146 Å². The quantitative estimate of drug-likeness (QED) is 0.198. The van der Waals surface area contributed by atoms with E-state index in [-0.39, 0.29) is 0 Å². The molecule has 0 atom stereocenters. The van der Waals surface area contributed by atoms with Crippen molar-refractivity contribution in [2.24, 2.45) is 0 Å². The van der Waals surface area contributed by atoms with Crippen LogP contribution in [0.3, 0.4) is 0 Å². The molecule has 0 unspecified atom stereocenters. The smallest absolute Gasteiger partial charge is 0.0465 e. The third-order valence-corrected chi connectivity index (χ3v) is 9.52. The van der Waals surface area contributed by atoms with Gasteiger partial charge in [-0.25, -0.2) is 0 Å². The van der Waals surface area contributed by atoms with Gasteiger partial charge in [-0.1, -0.05) is 97.1 Å². The van der Waals surface area contributed by atoms with Crippen LogP contribution in [0.5, 0.6) is 0 Å². The summed E-state index contributed by atoms with van der Waals surface area (Å²) >= 11 is 0. The van der Waals surface area contributed by atoms with E-state index in [1.807, 2.05) is 0 Å². The van der Waals surface area contributed by atoms with Gasteiger partial charge in [-0.05, 0) is 103 Å². The molecule has 0 aliphatic heterocycles. The van der Waals surface area contributed by atoms with Crippen LogP contribution in [-0.2, 0) is 0 Å². The summed E-state index contributed by atoms with van der Waals surface area (Å²) in [4.78, 5) is 7.12. The van der Waals surface area contributed by atoms with Crippen LogP contribution in [-0.4, -0.2) is 9.97 Å². The molecule has 0 amide bonds. The van der Waals surface area contributed by atoms with Gasteiger partial charge in [-0.15, -0.1) is 0 Å². The predicted molar refractivity (Wildman–Crippen MR) is 189 cm³/mol. The topological polar surface area (TPSA) is 31.6 Å². The van der Waals surface area contributed by atoms with Gasteiger partial charge in [0.25, 0.3) is 0 Å². The standard InChI is InChI=1S/C42H26N2/c1-2-8-30-29(7-1)35-21-25(27-15-19-41-37(23-27)33-9-3-5-11-39(33)43-41)13-17-31(35)32-18-14-26(22-36(30)32)28-16-20-42-38(24-28)34-10-4-6-12-40(34)44-42/h1-24,43-44H. The average molecular weight is 559 g/mol. The van der Waals surface area contributed by atoms with E-state index in [1.165, 1.54) is 98.2 Å². The fraction of sp³-hybridized carbons (Fsp3) is 0. The van der Waals surface area contributed by atoms with Crippen LogP contribution in [0.4, 0.5) is 0 Å². The Kier molecular flexibility index (Phi) is 4.75. The molecule has 2 nitrogen and oxygen atoms in total. The third kappa shape index (κ3) is 3.37. The van der Waals surface area contributed by atoms with Gasteiger partial charge in [-0.2, -0.15) is 0 Å². The molecule has 204 valence electrons. The molecule has 0 fully saturated rings. The molecule has 10 aromatic rings. The van der Waals surface area contributed by atoms with Gasteiger partial charge in [0.1, 0.15) is 0 Å². The summed E-state index contributed by atoms with van der Waals surface area (Å²) in [5.41, 5.74) is 9.63. The van der Waals surface area contributed by atoms with E-state index in [0.717, 1.165) is 0 Å². The van der Waals surface area contributed by atoms with E-state index in [0.29, 0.717) is 0 Å². The number of nitrogens with one attached hydrogen (secondary N) is 2. The fourth-order valence-electron chi connectivity index (χ4n) is 7.37. The Balaban J connectivity index is 1.17. The molecule has 2 heteroatoms. The maximum absolute atomic E-state index is 3.56. The van der Waals surface area contributed by atoms with Gasteiger partial charge in [-0.3, -0.25) is 0 Å². The minimum Gasteiger partial charge on any atom is -0.355 e. The van der Waals surface area contributed by atoms with E-state index < -0.39 is 0 Å². The number of benzene rings is 8. The molecule has 0 saturated carbocycles. The highest BCUT2D eigenvalue weighted by atomic mass is 14.7. The Bertz CT molecular complexity index is 2560. The first kappa shape index (κ1) is 23.7. The molecular formula is C42H26N2. The molecule has 2 heterocycles. The van der Waals surface area contributed by atoms with Crippen molar-refractivity contribution < 1.29 is 0 Å². The van der Waals surface area contributed by atoms with Crippen molar-refractivity contribution in [1.82, 2.24) is 9.97 Å². The van der Waals surface area contributed by atoms with Crippen LogP contribution in [0.2, 0.25) is 0 Å². The maximum Gasteiger partial charge on any atom is 0.0465 e. The Morgan fingerprint density at radius 2 is 0.545 bits per heavy atom. The summed E-state index contributed by atoms with van der Waals surface area (Å²) in [5, 5.41) is 12.8. The summed E-state index contributed by atoms with van der Waals surface area (Å²) in [6, 6.07) is 53.5. The van der Waals surface area contributed by atoms with Crippen LogP contribution in [0.1, 0.15) is 0 Å². The molecule has 44 heavy (non-hydrogen) atoms. The van der Waals surface area contributed by atoms with Gasteiger partial charge in [0, 0.05) is 43.6 Å². The second-order valence-electron chi connectivity index (χ2n) is 11.9. The Hall–Kier alpha value is -5.86. The average Bonchev–Trinajstić information content (AvgIpc) is 3.65. The van der Waals surface area contributed by atoms with E-state index in [9.17, 15) is 0 Å². The Morgan fingerprint density at radius 1 is 0.227 bits per heavy atom. The lowest BCUT2D eigenvalue weighted by molar-refractivity contribution is 1.54. The number of aromatic amines is 2. The zero-order valence-corrected chi connectivity index (χ0v) is 23.9. The lowest BCUT2D eigenvalue weighted by atomic mass is 9.90. The van der Waals surface area contributed by atoms with Crippen LogP contribution >= 0.6 is 0 Å². The highest BCUT2D eigenvalue weighted by molar-refractivity contribution is 6.26. The lowest BCUT2D eigenvalue weighted by Crippen LogP contribution is -1.87. The summed E-state index contributed by atoms with van der Waals surface area (Å²) in [5.74, 6) is 0. The molecule has 2 N–H and O–H groups in total. The fourth-order valence-corrected chi connectivity index (χ4v) is 7.37. The van der Waals surface area contributed by atoms with Crippen molar-refractivity contribution in [2.75, 3.05) is 0 Å². The predicted octanol–water partition coefficient (Wildman–Crippen LogP) is 11.7. The lowest BCUT2D eigenvalue weighted by Gasteiger charge is -2.14. The van der Waals surface area contributed by atoms with E-state index in [2.05, 4.69) is 156 Å². The first-order chi connectivity index (χ1) is 21.8. The number of aromatic nitrogens is 2. The Labute approximate surface area is 253 Å². The molecule has 0 spiro atoms. The van der Waals surface area contributed by atoms with Crippen molar-refractivity contribution in [3.63, 3.8) is 0 Å². The molecule has 0 radical (unpaired) electrons. The van der Waals surface area contributed by atoms with Crippen LogP contribution < -0.4 is 0 Å². The van der Waals surface area contributed by atoms with Crippen LogP contribution in [0.15, 0.2) is 146 Å². The highest BCUT2D eigenvalue weighted by Crippen LogP contribution is 2.40. The number of para-hydroxylation sites is 2. The van der Waals surface area contributed by atoms with Crippen molar-refractivity contribution in [3.8, 4) is 22.3 Å². The second kappa shape index (κ2) is 8.82. The van der Waals surface area contributed by atoms with Gasteiger partial charge in [0.2, 0.25) is 0 Å². The zero-order valence-electron chi connectivity index (χ0n) is 23.9. The first-order valence-corrected chi connectivity index (χ1v) is 15.2. The highest BCUT2D eigenvalue weighted by Gasteiger charge is 2.13. The van der Waals surface area contributed by atoms with Gasteiger partial charge in [0.05, 0.1) is 0 Å². The molecule has 0 saturated heterocycles. The molecule has 0 aliphatic rings. The number of fused-ring (bicyclic) bond motifs is 12. The molecule has 8 aromatic carbocycles. The summed E-state index contributed by atoms with van der Waals surface area (Å²) in [6.07, 6.45) is 0. The number of H-pyrrole nitrogens is 2. The molecule has 10 rings (SSSR count). The maximum atomic E-state index is 3.56. The number of hydrogen-bond donors (Lipinski definition) is 2. The van der Waals surface area contributed by atoms with E-state index in [4.69, 9.17) is 0 Å². The first-order valence-electron chi connectivity index (χ1n) is 15.2. The minimum atomic E-state index is 1.17. The normalized spacial score (nSPS) is 12.1. The minimum absolute atomic E-state index is 1.17. The van der Waals surface area contributed by atoms with E-state index in [1.54, 1.807) is 0 Å².